The number of rotatable bonds is 0. The number of quaternary nitrogens is 1. The van der Waals surface area contributed by atoms with Crippen LogP contribution in [0.25, 0.3) is 0 Å². The Bertz CT molecular complexity index is 71.6. The van der Waals surface area contributed by atoms with E-state index in [1.165, 1.54) is 0 Å². The molecule has 0 saturated carbocycles. The molecule has 0 aliphatic heterocycles. The summed E-state index contributed by atoms with van der Waals surface area (Å²) in [6, 6.07) is -0.833. The first-order chi connectivity index (χ1) is 3.46. The van der Waals surface area contributed by atoms with Crippen LogP contribution in [0.2, 0.25) is 0 Å². The van der Waals surface area contributed by atoms with Crippen LogP contribution in [-0.4, -0.2) is 16.6 Å². The lowest BCUT2D eigenvalue weighted by atomic mass is 11.2. The van der Waals surface area contributed by atoms with E-state index in [-0.39, 0.29) is 11.6 Å². The molecule has 10 heavy (non-hydrogen) atoms. The molecule has 64 valence electrons. The normalized spacial score (nSPS) is 4.80. The number of carbonyl (C=O) groups is 1. The zero-order valence-corrected chi connectivity index (χ0v) is 5.23. The summed E-state index contributed by atoms with van der Waals surface area (Å²) in [7, 11) is 0. The average Bonchev–Trinajstić information content (AvgIpc) is 1.25. The lowest BCUT2D eigenvalue weighted by Crippen LogP contribution is -2.18. The van der Waals surface area contributed by atoms with E-state index in [1.54, 1.807) is 0 Å². The maximum absolute atomic E-state index is 9.00. The standard InChI is InChI=1S/CH4N2O.NO3.H3N.H2O/c2*2-1(3)4;;/h(H4,2,3,4);;1H3;1H2/q;-1;;/p+1. The van der Waals surface area contributed by atoms with Gasteiger partial charge in [-0.3, -0.25) is 0 Å². The Hall–Kier alpha value is -1.61. The largest absolute Gasteiger partial charge is 0.412 e. The van der Waals surface area contributed by atoms with Crippen molar-refractivity contribution in [2.45, 2.75) is 0 Å². The third-order valence-corrected chi connectivity index (χ3v) is 0. The number of hydrogen-bond donors (Lipinski definition) is 3. The molecule has 0 bridgehead atoms. The second kappa shape index (κ2) is 15.7. The molecule has 0 unspecified atom stereocenters. The van der Waals surface area contributed by atoms with Gasteiger partial charge in [-0.05, 0) is 0 Å². The molecule has 0 radical (unpaired) electrons. The first-order valence-corrected chi connectivity index (χ1v) is 1.33. The second-order valence-corrected chi connectivity index (χ2v) is 0.626. The van der Waals surface area contributed by atoms with Gasteiger partial charge in [0.25, 0.3) is 0 Å². The van der Waals surface area contributed by atoms with Gasteiger partial charge in [-0.1, -0.05) is 0 Å². The summed E-state index contributed by atoms with van der Waals surface area (Å²) in [5.74, 6) is 0. The number of carbonyl (C=O) groups excluding carboxylic acids is 1. The molecule has 0 fully saturated rings. The number of primary amides is 2. The van der Waals surface area contributed by atoms with Gasteiger partial charge in [0.05, 0.1) is 5.09 Å². The van der Waals surface area contributed by atoms with E-state index in [2.05, 4.69) is 11.5 Å². The SMILES string of the molecule is NC(N)=O.O.O=[N+]([O-])[O-].[NH4+]. The molecule has 0 spiro atoms. The topological polar surface area (TPSA) is 203 Å². The van der Waals surface area contributed by atoms with Gasteiger partial charge in [0.2, 0.25) is 0 Å². The van der Waals surface area contributed by atoms with Crippen LogP contribution >= 0.6 is 0 Å². The molecule has 0 rings (SSSR count). The Kier molecular flexibility index (Phi) is 37.2. The molecular weight excluding hydrogens is 148 g/mol. The van der Waals surface area contributed by atoms with Gasteiger partial charge < -0.3 is 38.4 Å². The van der Waals surface area contributed by atoms with Gasteiger partial charge in [0, 0.05) is 0 Å². The molecule has 0 aromatic heterocycles. The minimum Gasteiger partial charge on any atom is -0.412 e. The third-order valence-electron chi connectivity index (χ3n) is 0. The monoisotopic (exact) mass is 158 g/mol. The van der Waals surface area contributed by atoms with Crippen LogP contribution in [0.15, 0.2) is 0 Å². The summed E-state index contributed by atoms with van der Waals surface area (Å²) < 4.78 is 0. The van der Waals surface area contributed by atoms with Gasteiger partial charge >= 0.3 is 6.03 Å². The minimum atomic E-state index is -1.75. The third kappa shape index (κ3) is 71.6. The van der Waals surface area contributed by atoms with Crippen LogP contribution in [0.5, 0.6) is 0 Å². The molecule has 9 heteroatoms. The Morgan fingerprint density at radius 3 is 1.30 bits per heavy atom. The summed E-state index contributed by atoms with van der Waals surface area (Å²) in [5.41, 5.74) is 8.50. The van der Waals surface area contributed by atoms with Crippen LogP contribution < -0.4 is 17.6 Å². The van der Waals surface area contributed by atoms with Gasteiger partial charge in [0.1, 0.15) is 0 Å². The van der Waals surface area contributed by atoms with Crippen molar-refractivity contribution in [1.82, 2.24) is 6.15 Å². The van der Waals surface area contributed by atoms with Gasteiger partial charge in [0.15, 0.2) is 0 Å². The molecule has 10 N–H and O–H groups in total. The van der Waals surface area contributed by atoms with Crippen molar-refractivity contribution in [3.05, 3.63) is 15.3 Å². The molecule has 0 aromatic rings. The maximum Gasteiger partial charge on any atom is 0.309 e. The van der Waals surface area contributed by atoms with Crippen molar-refractivity contribution in [2.75, 3.05) is 0 Å². The van der Waals surface area contributed by atoms with Crippen molar-refractivity contribution >= 4 is 6.03 Å². The summed E-state index contributed by atoms with van der Waals surface area (Å²) in [5, 5.41) is 14.8. The Morgan fingerprint density at radius 2 is 1.30 bits per heavy atom. The Balaban J connectivity index is -0.0000000300. The molecule has 0 aliphatic rings. The summed E-state index contributed by atoms with van der Waals surface area (Å²) in [6.07, 6.45) is 0. The molecule has 0 atom stereocenters. The first kappa shape index (κ1) is 23.8. The second-order valence-electron chi connectivity index (χ2n) is 0.626. The highest BCUT2D eigenvalue weighted by Crippen LogP contribution is 1.44. The van der Waals surface area contributed by atoms with E-state index in [0.29, 0.717) is 0 Å². The number of nitrogens with zero attached hydrogens (tertiary/aromatic N) is 1. The van der Waals surface area contributed by atoms with Crippen molar-refractivity contribution in [3.63, 3.8) is 0 Å². The minimum absolute atomic E-state index is 0. The number of nitrogens with two attached hydrogens (primary N) is 2. The van der Waals surface area contributed by atoms with E-state index in [1.807, 2.05) is 0 Å². The van der Waals surface area contributed by atoms with Crippen LogP contribution in [0.4, 0.5) is 4.79 Å². The van der Waals surface area contributed by atoms with Crippen molar-refractivity contribution in [3.8, 4) is 0 Å². The Labute approximate surface area is 55.6 Å². The quantitative estimate of drug-likeness (QED) is 0.279. The first-order valence-electron chi connectivity index (χ1n) is 1.33. The van der Waals surface area contributed by atoms with Crippen molar-refractivity contribution < 1.29 is 15.4 Å². The number of amides is 2. The van der Waals surface area contributed by atoms with Crippen LogP contribution in [-0.2, 0) is 0 Å². The summed E-state index contributed by atoms with van der Waals surface area (Å²) in [4.78, 5) is 17.2. The fourth-order valence-electron chi connectivity index (χ4n) is 0. The maximum atomic E-state index is 9.00. The highest BCUT2D eigenvalue weighted by molar-refractivity contribution is 5.69. The molecule has 0 saturated heterocycles. The highest BCUT2D eigenvalue weighted by atomic mass is 16.9. The molecule has 9 nitrogen and oxygen atoms in total. The van der Waals surface area contributed by atoms with Crippen molar-refractivity contribution in [1.29, 1.82) is 0 Å². The Morgan fingerprint density at radius 1 is 1.30 bits per heavy atom. The molecule has 0 heterocycles. The van der Waals surface area contributed by atoms with Crippen LogP contribution in [0.1, 0.15) is 0 Å². The van der Waals surface area contributed by atoms with E-state index < -0.39 is 11.1 Å². The fraction of sp³-hybridized carbons (Fsp3) is 0. The van der Waals surface area contributed by atoms with E-state index in [0.717, 1.165) is 0 Å². The predicted molar refractivity (Wildman–Crippen MR) is 33.7 cm³/mol. The molecule has 2 amide bonds. The molecule has 0 aromatic carbocycles. The number of hydrogen-bond acceptors (Lipinski definition) is 4. The lowest BCUT2D eigenvalue weighted by molar-refractivity contribution is -0.402. The zero-order valence-electron chi connectivity index (χ0n) is 5.23. The van der Waals surface area contributed by atoms with E-state index >= 15 is 0 Å². The highest BCUT2D eigenvalue weighted by Gasteiger charge is 1.60. The van der Waals surface area contributed by atoms with Gasteiger partial charge in [-0.2, -0.15) is 0 Å². The lowest BCUT2D eigenvalue weighted by Gasteiger charge is -1.74. The fourth-order valence-corrected chi connectivity index (χ4v) is 0. The van der Waals surface area contributed by atoms with Crippen molar-refractivity contribution in [2.24, 2.45) is 11.5 Å². The summed E-state index contributed by atoms with van der Waals surface area (Å²) >= 11 is 0. The van der Waals surface area contributed by atoms with E-state index in [4.69, 9.17) is 20.1 Å². The molecular formula is CH10N4O5. The van der Waals surface area contributed by atoms with E-state index in [9.17, 15) is 0 Å². The zero-order chi connectivity index (χ0) is 7.15. The summed E-state index contributed by atoms with van der Waals surface area (Å²) in [6.45, 7) is 0. The molecule has 0 aliphatic carbocycles. The predicted octanol–water partition coefficient (Wildman–Crippen LogP) is -1.66. The average molecular weight is 158 g/mol. The number of urea groups is 1. The van der Waals surface area contributed by atoms with Gasteiger partial charge in [-0.15, -0.1) is 0 Å². The van der Waals surface area contributed by atoms with Crippen LogP contribution in [0.3, 0.4) is 0 Å². The smallest absolute Gasteiger partial charge is 0.309 e. The van der Waals surface area contributed by atoms with Gasteiger partial charge in [-0.25, -0.2) is 4.79 Å². The van der Waals surface area contributed by atoms with Crippen LogP contribution in [0, 0.1) is 15.3 Å².